The molecular formula is C7H7BrN2O2. The molecule has 0 aliphatic heterocycles. The Balaban J connectivity index is 3.43. The summed E-state index contributed by atoms with van der Waals surface area (Å²) in [7, 11) is 0. The van der Waals surface area contributed by atoms with E-state index in [2.05, 4.69) is 20.9 Å². The predicted octanol–water partition coefficient (Wildman–Crippen LogP) is 2.37. The number of nitro groups is 1. The van der Waals surface area contributed by atoms with Gasteiger partial charge in [-0.25, -0.2) is 0 Å². The first-order chi connectivity index (χ1) is 5.54. The molecular weight excluding hydrogens is 224 g/mol. The normalized spacial score (nSPS) is 9.92. The molecule has 0 atom stereocenters. The lowest BCUT2D eigenvalue weighted by molar-refractivity contribution is -0.386. The number of nitrogens with zero attached hydrogens (tertiary/aromatic N) is 2. The lowest BCUT2D eigenvalue weighted by Crippen LogP contribution is -1.97. The van der Waals surface area contributed by atoms with E-state index in [1.54, 1.807) is 13.8 Å². The Bertz CT molecular complexity index is 338. The fourth-order valence-electron chi connectivity index (χ4n) is 0.886. The topological polar surface area (TPSA) is 56.0 Å². The molecule has 64 valence electrons. The molecule has 1 aromatic rings. The fourth-order valence-corrected chi connectivity index (χ4v) is 1.43. The Morgan fingerprint density at radius 1 is 1.58 bits per heavy atom. The van der Waals surface area contributed by atoms with Crippen molar-refractivity contribution < 1.29 is 4.92 Å². The first-order valence-corrected chi connectivity index (χ1v) is 4.09. The van der Waals surface area contributed by atoms with Crippen molar-refractivity contribution in [1.29, 1.82) is 0 Å². The van der Waals surface area contributed by atoms with Crippen LogP contribution < -0.4 is 0 Å². The number of hydrogen-bond donors (Lipinski definition) is 0. The maximum atomic E-state index is 10.5. The van der Waals surface area contributed by atoms with E-state index in [0.717, 1.165) is 0 Å². The molecule has 0 unspecified atom stereocenters. The maximum Gasteiger partial charge on any atom is 0.289 e. The minimum Gasteiger partial charge on any atom is -0.260 e. The molecule has 0 bridgehead atoms. The van der Waals surface area contributed by atoms with E-state index < -0.39 is 4.92 Å². The summed E-state index contributed by atoms with van der Waals surface area (Å²) in [6, 6.07) is 0. The molecule has 0 saturated carbocycles. The van der Waals surface area contributed by atoms with Gasteiger partial charge in [0, 0.05) is 17.5 Å². The average molecular weight is 231 g/mol. The zero-order chi connectivity index (χ0) is 9.30. The van der Waals surface area contributed by atoms with Crippen LogP contribution in [0, 0.1) is 24.0 Å². The smallest absolute Gasteiger partial charge is 0.260 e. The van der Waals surface area contributed by atoms with Crippen LogP contribution in [0.2, 0.25) is 0 Å². The molecule has 0 saturated heterocycles. The van der Waals surface area contributed by atoms with Crippen LogP contribution in [-0.2, 0) is 0 Å². The summed E-state index contributed by atoms with van der Waals surface area (Å²) in [4.78, 5) is 14.1. The highest BCUT2D eigenvalue weighted by atomic mass is 79.9. The lowest BCUT2D eigenvalue weighted by atomic mass is 10.2. The first-order valence-electron chi connectivity index (χ1n) is 3.30. The van der Waals surface area contributed by atoms with Crippen LogP contribution in [0.25, 0.3) is 0 Å². The van der Waals surface area contributed by atoms with Crippen molar-refractivity contribution in [2.75, 3.05) is 0 Å². The molecule has 1 rings (SSSR count). The van der Waals surface area contributed by atoms with E-state index in [1.807, 2.05) is 0 Å². The molecule has 0 radical (unpaired) electrons. The van der Waals surface area contributed by atoms with Crippen LogP contribution in [0.1, 0.15) is 11.3 Å². The van der Waals surface area contributed by atoms with Gasteiger partial charge in [-0.3, -0.25) is 15.1 Å². The second-order valence-electron chi connectivity index (χ2n) is 2.42. The molecule has 0 fully saturated rings. The zero-order valence-corrected chi connectivity index (χ0v) is 8.25. The van der Waals surface area contributed by atoms with Crippen LogP contribution in [0.5, 0.6) is 0 Å². The Morgan fingerprint density at radius 2 is 2.17 bits per heavy atom. The number of aryl methyl sites for hydroxylation is 1. The third kappa shape index (κ3) is 1.45. The first kappa shape index (κ1) is 9.12. The van der Waals surface area contributed by atoms with Crippen molar-refractivity contribution in [2.45, 2.75) is 13.8 Å². The summed E-state index contributed by atoms with van der Waals surface area (Å²) >= 11 is 3.08. The van der Waals surface area contributed by atoms with Crippen molar-refractivity contribution >= 4 is 21.6 Å². The van der Waals surface area contributed by atoms with E-state index >= 15 is 0 Å². The molecule has 5 heteroatoms. The molecule has 0 aliphatic rings. The van der Waals surface area contributed by atoms with Gasteiger partial charge in [0.25, 0.3) is 5.69 Å². The van der Waals surface area contributed by atoms with E-state index in [1.165, 1.54) is 6.20 Å². The summed E-state index contributed by atoms with van der Waals surface area (Å²) < 4.78 is 0.426. The molecule has 0 aliphatic carbocycles. The van der Waals surface area contributed by atoms with E-state index in [9.17, 15) is 10.1 Å². The summed E-state index contributed by atoms with van der Waals surface area (Å²) in [6.07, 6.45) is 1.44. The van der Waals surface area contributed by atoms with Gasteiger partial charge >= 0.3 is 0 Å². The average Bonchev–Trinajstić information content (AvgIpc) is 1.97. The standard InChI is InChI=1S/C7H7BrN2O2/c1-4-5(2)9-3-6(8)7(4)10(11)12/h3H,1-2H3. The highest BCUT2D eigenvalue weighted by Gasteiger charge is 2.17. The number of rotatable bonds is 1. The third-order valence-electron chi connectivity index (χ3n) is 1.68. The highest BCUT2D eigenvalue weighted by molar-refractivity contribution is 9.10. The maximum absolute atomic E-state index is 10.5. The lowest BCUT2D eigenvalue weighted by Gasteiger charge is -2.01. The molecule has 4 nitrogen and oxygen atoms in total. The molecule has 0 aromatic carbocycles. The third-order valence-corrected chi connectivity index (χ3v) is 2.26. The van der Waals surface area contributed by atoms with Gasteiger partial charge in [0.1, 0.15) is 4.47 Å². The van der Waals surface area contributed by atoms with Crippen molar-refractivity contribution in [3.63, 3.8) is 0 Å². The molecule has 0 N–H and O–H groups in total. The second-order valence-corrected chi connectivity index (χ2v) is 3.28. The van der Waals surface area contributed by atoms with Crippen LogP contribution >= 0.6 is 15.9 Å². The SMILES string of the molecule is Cc1ncc(Br)c([N+](=O)[O-])c1C. The van der Waals surface area contributed by atoms with Crippen LogP contribution in [0.4, 0.5) is 5.69 Å². The van der Waals surface area contributed by atoms with Crippen molar-refractivity contribution in [3.05, 3.63) is 32.0 Å². The molecule has 0 amide bonds. The number of hydrogen-bond acceptors (Lipinski definition) is 3. The zero-order valence-electron chi connectivity index (χ0n) is 6.67. The Labute approximate surface area is 77.9 Å². The van der Waals surface area contributed by atoms with Gasteiger partial charge < -0.3 is 0 Å². The van der Waals surface area contributed by atoms with Crippen molar-refractivity contribution in [1.82, 2.24) is 4.98 Å². The van der Waals surface area contributed by atoms with Gasteiger partial charge in [-0.1, -0.05) is 0 Å². The van der Waals surface area contributed by atoms with Gasteiger partial charge in [0.2, 0.25) is 0 Å². The summed E-state index contributed by atoms with van der Waals surface area (Å²) in [5.41, 5.74) is 1.39. The van der Waals surface area contributed by atoms with Gasteiger partial charge in [-0.05, 0) is 29.8 Å². The molecule has 1 heterocycles. The molecule has 1 aromatic heterocycles. The second kappa shape index (κ2) is 3.18. The summed E-state index contributed by atoms with van der Waals surface area (Å²) in [5, 5.41) is 10.5. The van der Waals surface area contributed by atoms with E-state index in [0.29, 0.717) is 15.7 Å². The predicted molar refractivity (Wildman–Crippen MR) is 48.1 cm³/mol. The molecule has 12 heavy (non-hydrogen) atoms. The van der Waals surface area contributed by atoms with Crippen LogP contribution in [0.15, 0.2) is 10.7 Å². The van der Waals surface area contributed by atoms with Gasteiger partial charge in [0.05, 0.1) is 4.92 Å². The quantitative estimate of drug-likeness (QED) is 0.550. The Hall–Kier alpha value is -0.970. The van der Waals surface area contributed by atoms with Gasteiger partial charge in [-0.15, -0.1) is 0 Å². The largest absolute Gasteiger partial charge is 0.289 e. The van der Waals surface area contributed by atoms with Gasteiger partial charge in [0.15, 0.2) is 0 Å². The monoisotopic (exact) mass is 230 g/mol. The number of pyridine rings is 1. The number of halogens is 1. The summed E-state index contributed by atoms with van der Waals surface area (Å²) in [5.74, 6) is 0. The number of aromatic nitrogens is 1. The molecule has 0 spiro atoms. The Morgan fingerprint density at radius 3 is 2.58 bits per heavy atom. The van der Waals surface area contributed by atoms with Gasteiger partial charge in [-0.2, -0.15) is 0 Å². The van der Waals surface area contributed by atoms with E-state index in [4.69, 9.17) is 0 Å². The Kier molecular flexibility index (Phi) is 2.42. The fraction of sp³-hybridized carbons (Fsp3) is 0.286. The minimum atomic E-state index is -0.409. The summed E-state index contributed by atoms with van der Waals surface area (Å²) in [6.45, 7) is 3.43. The van der Waals surface area contributed by atoms with Crippen LogP contribution in [-0.4, -0.2) is 9.91 Å². The van der Waals surface area contributed by atoms with Crippen molar-refractivity contribution in [3.8, 4) is 0 Å². The van der Waals surface area contributed by atoms with Crippen LogP contribution in [0.3, 0.4) is 0 Å². The van der Waals surface area contributed by atoms with E-state index in [-0.39, 0.29) is 5.69 Å². The minimum absolute atomic E-state index is 0.0995. The highest BCUT2D eigenvalue weighted by Crippen LogP contribution is 2.28. The van der Waals surface area contributed by atoms with Crippen molar-refractivity contribution in [2.24, 2.45) is 0 Å².